The number of hydrogen-bond acceptors (Lipinski definition) is 4. The third-order valence-electron chi connectivity index (χ3n) is 3.79. The zero-order valence-corrected chi connectivity index (χ0v) is 14.3. The van der Waals surface area contributed by atoms with Gasteiger partial charge < -0.3 is 4.57 Å². The van der Waals surface area contributed by atoms with E-state index in [-0.39, 0.29) is 5.52 Å². The lowest BCUT2D eigenvalue weighted by Gasteiger charge is -2.04. The first-order valence-electron chi connectivity index (χ1n) is 6.91. The maximum Gasteiger partial charge on any atom is 0.433 e. The fourth-order valence-electron chi connectivity index (χ4n) is 2.41. The molecule has 0 aliphatic heterocycles. The van der Waals surface area contributed by atoms with Gasteiger partial charge in [-0.25, -0.2) is 15.0 Å². The molecule has 0 spiro atoms. The zero-order valence-electron chi connectivity index (χ0n) is 11.9. The Morgan fingerprint density at radius 3 is 2.70 bits per heavy atom. The van der Waals surface area contributed by atoms with Gasteiger partial charge in [0.05, 0.1) is 22.2 Å². The molecule has 0 aromatic carbocycles. The Morgan fingerprint density at radius 2 is 2.04 bits per heavy atom. The van der Waals surface area contributed by atoms with E-state index >= 15 is 0 Å². The van der Waals surface area contributed by atoms with E-state index in [9.17, 15) is 13.2 Å². The zero-order chi connectivity index (χ0) is 16.4. The molecule has 1 saturated carbocycles. The van der Waals surface area contributed by atoms with Gasteiger partial charge in [0.25, 0.3) is 0 Å². The highest BCUT2D eigenvalue weighted by Gasteiger charge is 2.33. The van der Waals surface area contributed by atoms with Crippen LogP contribution in [0.4, 0.5) is 13.2 Å². The summed E-state index contributed by atoms with van der Waals surface area (Å²) >= 11 is 4.98. The molecular weight excluding hydrogens is 393 g/mol. The first-order chi connectivity index (χ1) is 10.8. The van der Waals surface area contributed by atoms with Gasteiger partial charge in [-0.05, 0) is 34.8 Å². The second-order valence-corrected chi connectivity index (χ2v) is 7.28. The highest BCUT2D eigenvalue weighted by molar-refractivity contribution is 9.10. The molecule has 4 rings (SSSR count). The van der Waals surface area contributed by atoms with E-state index in [1.165, 1.54) is 17.5 Å². The molecule has 0 N–H and O–H groups in total. The number of halogens is 4. The maximum atomic E-state index is 12.8. The molecule has 0 atom stereocenters. The summed E-state index contributed by atoms with van der Waals surface area (Å²) in [6.45, 7) is 0. The Hall–Kier alpha value is -1.48. The summed E-state index contributed by atoms with van der Waals surface area (Å²) in [7, 11) is 1.77. The molecule has 0 radical (unpaired) electrons. The average Bonchev–Trinajstić information content (AvgIpc) is 3.19. The molecule has 0 bridgehead atoms. The molecule has 3 heterocycles. The van der Waals surface area contributed by atoms with Crippen LogP contribution in [0.5, 0.6) is 0 Å². The normalized spacial score (nSPS) is 15.5. The van der Waals surface area contributed by atoms with E-state index in [1.54, 1.807) is 11.6 Å². The van der Waals surface area contributed by atoms with E-state index in [4.69, 9.17) is 0 Å². The Morgan fingerprint density at radius 1 is 1.30 bits per heavy atom. The van der Waals surface area contributed by atoms with Crippen molar-refractivity contribution >= 4 is 38.3 Å². The van der Waals surface area contributed by atoms with Crippen LogP contribution in [0.15, 0.2) is 16.9 Å². The van der Waals surface area contributed by atoms with Gasteiger partial charge in [-0.3, -0.25) is 0 Å². The predicted molar refractivity (Wildman–Crippen MR) is 84.3 cm³/mol. The van der Waals surface area contributed by atoms with Crippen LogP contribution in [0.3, 0.4) is 0 Å². The summed E-state index contributed by atoms with van der Waals surface area (Å²) in [5, 5.41) is 1.05. The first-order valence-corrected chi connectivity index (χ1v) is 8.52. The summed E-state index contributed by atoms with van der Waals surface area (Å²) in [5.74, 6) is 1.11. The number of nitrogens with zero attached hydrogens (tertiary/aromatic N) is 4. The largest absolute Gasteiger partial charge is 0.433 e. The third-order valence-corrected chi connectivity index (χ3v) is 5.84. The van der Waals surface area contributed by atoms with Crippen molar-refractivity contribution < 1.29 is 13.2 Å². The van der Waals surface area contributed by atoms with Crippen molar-refractivity contribution in [1.82, 2.24) is 19.5 Å². The maximum absolute atomic E-state index is 12.8. The third kappa shape index (κ3) is 2.55. The van der Waals surface area contributed by atoms with Gasteiger partial charge in [0.15, 0.2) is 5.82 Å². The van der Waals surface area contributed by atoms with E-state index in [0.717, 1.165) is 28.8 Å². The van der Waals surface area contributed by atoms with E-state index < -0.39 is 11.9 Å². The lowest BCUT2D eigenvalue weighted by Crippen LogP contribution is -2.07. The number of thiazole rings is 1. The van der Waals surface area contributed by atoms with Crippen molar-refractivity contribution in [2.24, 2.45) is 7.05 Å². The Balaban J connectivity index is 1.85. The monoisotopic (exact) mass is 402 g/mol. The van der Waals surface area contributed by atoms with Crippen LogP contribution >= 0.6 is 27.3 Å². The SMILES string of the molecule is Cn1c(-c2sc(C3CC3)nc2Br)nc2cc(C(F)(F)F)ncc21. The quantitative estimate of drug-likeness (QED) is 0.620. The summed E-state index contributed by atoms with van der Waals surface area (Å²) in [6.07, 6.45) is -0.983. The molecule has 23 heavy (non-hydrogen) atoms. The lowest BCUT2D eigenvalue weighted by atomic mass is 10.3. The molecule has 3 aromatic rings. The van der Waals surface area contributed by atoms with E-state index in [0.29, 0.717) is 21.9 Å². The number of aromatic nitrogens is 4. The van der Waals surface area contributed by atoms with E-state index in [2.05, 4.69) is 30.9 Å². The minimum absolute atomic E-state index is 0.276. The smallest absolute Gasteiger partial charge is 0.325 e. The molecule has 3 aromatic heterocycles. The number of alkyl halides is 3. The van der Waals surface area contributed by atoms with Crippen LogP contribution < -0.4 is 0 Å². The average molecular weight is 403 g/mol. The van der Waals surface area contributed by atoms with Crippen LogP contribution in [0.2, 0.25) is 0 Å². The number of imidazole rings is 1. The van der Waals surface area contributed by atoms with Gasteiger partial charge in [0, 0.05) is 13.0 Å². The second kappa shape index (κ2) is 5.01. The van der Waals surface area contributed by atoms with Crippen molar-refractivity contribution in [3.05, 3.63) is 27.6 Å². The van der Waals surface area contributed by atoms with Crippen molar-refractivity contribution in [3.63, 3.8) is 0 Å². The van der Waals surface area contributed by atoms with Crippen LogP contribution in [0.1, 0.15) is 29.5 Å². The molecule has 1 aliphatic rings. The van der Waals surface area contributed by atoms with Crippen molar-refractivity contribution in [1.29, 1.82) is 0 Å². The van der Waals surface area contributed by atoms with Crippen LogP contribution in [0, 0.1) is 0 Å². The Labute approximate surface area is 141 Å². The molecule has 0 amide bonds. The molecule has 4 nitrogen and oxygen atoms in total. The standard InChI is InChI=1S/C14H10BrF3N4S/c1-22-8-5-19-9(14(16,17)18)4-7(8)20-12(22)10-11(15)21-13(23-10)6-2-3-6/h4-6H,2-3H2,1H3. The van der Waals surface area contributed by atoms with Crippen molar-refractivity contribution in [2.75, 3.05) is 0 Å². The lowest BCUT2D eigenvalue weighted by molar-refractivity contribution is -0.141. The van der Waals surface area contributed by atoms with Gasteiger partial charge in [-0.1, -0.05) is 0 Å². The minimum Gasteiger partial charge on any atom is -0.325 e. The molecule has 0 unspecified atom stereocenters. The predicted octanol–water partition coefficient (Wildman–Crippen LogP) is 4.75. The van der Waals surface area contributed by atoms with Crippen molar-refractivity contribution in [3.8, 4) is 10.7 Å². The number of rotatable bonds is 2. The van der Waals surface area contributed by atoms with Crippen LogP contribution in [0.25, 0.3) is 21.7 Å². The van der Waals surface area contributed by atoms with Crippen molar-refractivity contribution in [2.45, 2.75) is 24.9 Å². The number of pyridine rings is 1. The van der Waals surface area contributed by atoms with Gasteiger partial charge in [-0.15, -0.1) is 11.3 Å². The molecule has 1 fully saturated rings. The summed E-state index contributed by atoms with van der Waals surface area (Å²) in [6, 6.07) is 0.982. The number of fused-ring (bicyclic) bond motifs is 1. The highest BCUT2D eigenvalue weighted by atomic mass is 79.9. The van der Waals surface area contributed by atoms with Crippen LogP contribution in [-0.4, -0.2) is 19.5 Å². The Bertz CT molecular complexity index is 911. The van der Waals surface area contributed by atoms with Gasteiger partial charge >= 0.3 is 6.18 Å². The summed E-state index contributed by atoms with van der Waals surface area (Å²) in [5.41, 5.74) is -0.101. The highest BCUT2D eigenvalue weighted by Crippen LogP contribution is 2.46. The molecule has 9 heteroatoms. The number of aryl methyl sites for hydroxylation is 1. The fourth-order valence-corrected chi connectivity index (χ4v) is 4.29. The van der Waals surface area contributed by atoms with Gasteiger partial charge in [-0.2, -0.15) is 13.2 Å². The second-order valence-electron chi connectivity index (χ2n) is 5.50. The molecule has 1 aliphatic carbocycles. The van der Waals surface area contributed by atoms with E-state index in [1.807, 2.05) is 0 Å². The topological polar surface area (TPSA) is 43.6 Å². The fraction of sp³-hybridized carbons (Fsp3) is 0.357. The van der Waals surface area contributed by atoms with Crippen LogP contribution in [-0.2, 0) is 13.2 Å². The number of hydrogen-bond donors (Lipinski definition) is 0. The van der Waals surface area contributed by atoms with Gasteiger partial charge in [0.1, 0.15) is 15.2 Å². The molecular formula is C14H10BrF3N4S. The summed E-state index contributed by atoms with van der Waals surface area (Å²) < 4.78 is 40.8. The summed E-state index contributed by atoms with van der Waals surface area (Å²) in [4.78, 5) is 13.2. The molecule has 0 saturated heterocycles. The molecule has 120 valence electrons. The first kappa shape index (κ1) is 15.1. The minimum atomic E-state index is -4.48. The Kier molecular flexibility index (Phi) is 3.28. The van der Waals surface area contributed by atoms with Gasteiger partial charge in [0.2, 0.25) is 0 Å².